The third-order valence-electron chi connectivity index (χ3n) is 6.25. The van der Waals surface area contributed by atoms with Crippen LogP contribution in [0.5, 0.6) is 0 Å². The second-order valence-electron chi connectivity index (χ2n) is 8.29. The lowest BCUT2D eigenvalue weighted by molar-refractivity contribution is 0.0606. The minimum absolute atomic E-state index is 0.123. The first-order valence-electron chi connectivity index (χ1n) is 10.5. The van der Waals surface area contributed by atoms with Gasteiger partial charge in [0, 0.05) is 29.4 Å². The SMILES string of the molecule is Cc1ccc(C(=O)Nc2ccc(-c3ccc4c(c3)C(=O)N(C3CCC3)C4)cc2)cc1. The Morgan fingerprint density at radius 1 is 0.933 bits per heavy atom. The summed E-state index contributed by atoms with van der Waals surface area (Å²) in [4.78, 5) is 27.3. The summed E-state index contributed by atoms with van der Waals surface area (Å²) in [5, 5.41) is 2.94. The molecule has 3 aromatic carbocycles. The maximum Gasteiger partial charge on any atom is 0.255 e. The number of carbonyl (C=O) groups is 2. The maximum atomic E-state index is 12.8. The number of hydrogen-bond donors (Lipinski definition) is 1. The Bertz CT molecular complexity index is 1110. The Morgan fingerprint density at radius 3 is 2.30 bits per heavy atom. The van der Waals surface area contributed by atoms with Gasteiger partial charge in [0.05, 0.1) is 0 Å². The zero-order valence-corrected chi connectivity index (χ0v) is 17.0. The van der Waals surface area contributed by atoms with Crippen LogP contribution >= 0.6 is 0 Å². The monoisotopic (exact) mass is 396 g/mol. The van der Waals surface area contributed by atoms with Gasteiger partial charge in [-0.1, -0.05) is 42.0 Å². The number of nitrogens with zero attached hydrogens (tertiary/aromatic N) is 1. The van der Waals surface area contributed by atoms with Crippen LogP contribution in [0.25, 0.3) is 11.1 Å². The number of amides is 2. The van der Waals surface area contributed by atoms with Gasteiger partial charge in [-0.05, 0) is 73.2 Å². The van der Waals surface area contributed by atoms with Gasteiger partial charge in [-0.25, -0.2) is 0 Å². The summed E-state index contributed by atoms with van der Waals surface area (Å²) in [7, 11) is 0. The highest BCUT2D eigenvalue weighted by Gasteiger charge is 2.35. The molecule has 2 amide bonds. The van der Waals surface area contributed by atoms with Crippen LogP contribution in [0.4, 0.5) is 5.69 Å². The highest BCUT2D eigenvalue weighted by molar-refractivity contribution is 6.04. The Labute approximate surface area is 176 Å². The Morgan fingerprint density at radius 2 is 1.63 bits per heavy atom. The Kier molecular flexibility index (Phi) is 4.62. The van der Waals surface area contributed by atoms with Gasteiger partial charge >= 0.3 is 0 Å². The molecule has 1 aliphatic carbocycles. The van der Waals surface area contributed by atoms with Gasteiger partial charge in [0.1, 0.15) is 0 Å². The summed E-state index contributed by atoms with van der Waals surface area (Å²) in [5.74, 6) is 0.0421. The van der Waals surface area contributed by atoms with Gasteiger partial charge < -0.3 is 10.2 Å². The van der Waals surface area contributed by atoms with E-state index in [1.807, 2.05) is 66.4 Å². The molecule has 4 heteroatoms. The standard InChI is InChI=1S/C26H24N2O2/c1-17-5-7-19(8-6-17)25(29)27-22-13-11-18(12-14-22)20-9-10-21-16-28(23-3-2-4-23)26(30)24(21)15-20/h5-15,23H,2-4,16H2,1H3,(H,27,29). The number of nitrogens with one attached hydrogen (secondary N) is 1. The molecule has 0 bridgehead atoms. The summed E-state index contributed by atoms with van der Waals surface area (Å²) >= 11 is 0. The van der Waals surface area contributed by atoms with E-state index in [1.165, 1.54) is 6.42 Å². The van der Waals surface area contributed by atoms with Crippen molar-refractivity contribution in [1.29, 1.82) is 0 Å². The second kappa shape index (κ2) is 7.45. The van der Waals surface area contributed by atoms with Crippen molar-refractivity contribution in [3.8, 4) is 11.1 Å². The second-order valence-corrected chi connectivity index (χ2v) is 8.29. The zero-order valence-electron chi connectivity index (χ0n) is 17.0. The molecule has 30 heavy (non-hydrogen) atoms. The number of benzene rings is 3. The van der Waals surface area contributed by atoms with Crippen molar-refractivity contribution in [2.45, 2.75) is 38.8 Å². The van der Waals surface area contributed by atoms with Crippen molar-refractivity contribution in [2.24, 2.45) is 0 Å². The van der Waals surface area contributed by atoms with E-state index in [-0.39, 0.29) is 11.8 Å². The van der Waals surface area contributed by atoms with E-state index >= 15 is 0 Å². The molecular weight excluding hydrogens is 372 g/mol. The first-order valence-corrected chi connectivity index (χ1v) is 10.5. The molecule has 3 aromatic rings. The fraction of sp³-hybridized carbons (Fsp3) is 0.231. The van der Waals surface area contributed by atoms with Gasteiger partial charge in [0.15, 0.2) is 0 Å². The smallest absolute Gasteiger partial charge is 0.255 e. The molecule has 0 spiro atoms. The number of rotatable bonds is 4. The highest BCUT2D eigenvalue weighted by atomic mass is 16.2. The van der Waals surface area contributed by atoms with Crippen LogP contribution in [0.2, 0.25) is 0 Å². The number of hydrogen-bond acceptors (Lipinski definition) is 2. The normalized spacial score (nSPS) is 15.6. The number of carbonyl (C=O) groups excluding carboxylic acids is 2. The van der Waals surface area contributed by atoms with Crippen LogP contribution in [-0.4, -0.2) is 22.8 Å². The summed E-state index contributed by atoms with van der Waals surface area (Å²) in [6.45, 7) is 2.74. The number of aryl methyl sites for hydroxylation is 1. The average Bonchev–Trinajstić information content (AvgIpc) is 3.03. The summed E-state index contributed by atoms with van der Waals surface area (Å²) in [5.41, 5.74) is 6.51. The lowest BCUT2D eigenvalue weighted by Gasteiger charge is -2.34. The Hall–Kier alpha value is -3.40. The Balaban J connectivity index is 1.31. The molecule has 0 saturated heterocycles. The predicted octanol–water partition coefficient (Wildman–Crippen LogP) is 5.42. The summed E-state index contributed by atoms with van der Waals surface area (Å²) < 4.78 is 0. The van der Waals surface area contributed by atoms with Crippen LogP contribution in [0.1, 0.15) is 51.1 Å². The van der Waals surface area contributed by atoms with E-state index in [0.717, 1.165) is 52.9 Å². The topological polar surface area (TPSA) is 49.4 Å². The quantitative estimate of drug-likeness (QED) is 0.640. The summed E-state index contributed by atoms with van der Waals surface area (Å²) in [6, 6.07) is 21.9. The molecule has 1 fully saturated rings. The minimum Gasteiger partial charge on any atom is -0.331 e. The van der Waals surface area contributed by atoms with Gasteiger partial charge in [-0.15, -0.1) is 0 Å². The molecule has 1 heterocycles. The molecule has 0 radical (unpaired) electrons. The van der Waals surface area contributed by atoms with Gasteiger partial charge in [-0.3, -0.25) is 9.59 Å². The zero-order chi connectivity index (χ0) is 20.7. The first kappa shape index (κ1) is 18.6. The molecule has 0 aromatic heterocycles. The van der Waals surface area contributed by atoms with E-state index in [0.29, 0.717) is 11.6 Å². The summed E-state index contributed by atoms with van der Waals surface area (Å²) in [6.07, 6.45) is 3.48. The third-order valence-corrected chi connectivity index (χ3v) is 6.25. The predicted molar refractivity (Wildman–Crippen MR) is 119 cm³/mol. The van der Waals surface area contributed by atoms with E-state index in [9.17, 15) is 9.59 Å². The van der Waals surface area contributed by atoms with Crippen molar-refractivity contribution >= 4 is 17.5 Å². The highest BCUT2D eigenvalue weighted by Crippen LogP contribution is 2.34. The first-order chi connectivity index (χ1) is 14.6. The van der Waals surface area contributed by atoms with E-state index < -0.39 is 0 Å². The number of fused-ring (bicyclic) bond motifs is 1. The van der Waals surface area contributed by atoms with Crippen LogP contribution < -0.4 is 5.32 Å². The van der Waals surface area contributed by atoms with Gasteiger partial charge in [0.25, 0.3) is 11.8 Å². The van der Waals surface area contributed by atoms with Gasteiger partial charge in [-0.2, -0.15) is 0 Å². The molecule has 5 rings (SSSR count). The molecule has 150 valence electrons. The fourth-order valence-corrected chi connectivity index (χ4v) is 4.15. The van der Waals surface area contributed by atoms with Crippen LogP contribution in [0, 0.1) is 6.92 Å². The van der Waals surface area contributed by atoms with Crippen LogP contribution in [-0.2, 0) is 6.54 Å². The van der Waals surface area contributed by atoms with Crippen molar-refractivity contribution in [2.75, 3.05) is 5.32 Å². The minimum atomic E-state index is -0.123. The average molecular weight is 396 g/mol. The van der Waals surface area contributed by atoms with Crippen LogP contribution in [0.3, 0.4) is 0 Å². The van der Waals surface area contributed by atoms with E-state index in [2.05, 4.69) is 17.4 Å². The van der Waals surface area contributed by atoms with Crippen LogP contribution in [0.15, 0.2) is 66.7 Å². The van der Waals surface area contributed by atoms with Crippen molar-refractivity contribution in [1.82, 2.24) is 4.90 Å². The van der Waals surface area contributed by atoms with Crippen molar-refractivity contribution < 1.29 is 9.59 Å². The van der Waals surface area contributed by atoms with Crippen molar-refractivity contribution in [3.05, 3.63) is 89.0 Å². The van der Waals surface area contributed by atoms with Gasteiger partial charge in [0.2, 0.25) is 0 Å². The van der Waals surface area contributed by atoms with E-state index in [4.69, 9.17) is 0 Å². The molecule has 1 aliphatic heterocycles. The number of anilines is 1. The van der Waals surface area contributed by atoms with E-state index in [1.54, 1.807) is 0 Å². The largest absolute Gasteiger partial charge is 0.331 e. The molecule has 0 unspecified atom stereocenters. The molecule has 2 aliphatic rings. The maximum absolute atomic E-state index is 12.8. The molecule has 1 N–H and O–H groups in total. The lowest BCUT2D eigenvalue weighted by Crippen LogP contribution is -2.40. The molecule has 4 nitrogen and oxygen atoms in total. The molecule has 0 atom stereocenters. The fourth-order valence-electron chi connectivity index (χ4n) is 4.15. The molecule has 1 saturated carbocycles. The lowest BCUT2D eigenvalue weighted by atomic mass is 9.92. The molecular formula is C26H24N2O2. The third kappa shape index (κ3) is 3.39. The van der Waals surface area contributed by atoms with Crippen molar-refractivity contribution in [3.63, 3.8) is 0 Å².